The lowest BCUT2D eigenvalue weighted by Crippen LogP contribution is -2.52. The minimum Gasteiger partial charge on any atom is -0.396 e. The van der Waals surface area contributed by atoms with Crippen LogP contribution in [0.15, 0.2) is 0 Å². The molecule has 1 aliphatic rings. The van der Waals surface area contributed by atoms with Crippen LogP contribution in [0.5, 0.6) is 0 Å². The number of unbranched alkanes of at least 4 members (excludes halogenated alkanes) is 2. The smallest absolute Gasteiger partial charge is 0.157 e. The highest BCUT2D eigenvalue weighted by molar-refractivity contribution is 7.92. The van der Waals surface area contributed by atoms with Crippen molar-refractivity contribution in [3.05, 3.63) is 0 Å². The summed E-state index contributed by atoms with van der Waals surface area (Å²) in [6.07, 6.45) is 2.90. The molecule has 1 saturated heterocycles. The van der Waals surface area contributed by atoms with Gasteiger partial charge in [-0.2, -0.15) is 0 Å². The molecule has 0 saturated carbocycles. The van der Waals surface area contributed by atoms with Crippen molar-refractivity contribution in [1.29, 1.82) is 0 Å². The highest BCUT2D eigenvalue weighted by Crippen LogP contribution is 2.23. The maximum absolute atomic E-state index is 11.8. The van der Waals surface area contributed by atoms with E-state index in [0.29, 0.717) is 13.1 Å². The Bertz CT molecular complexity index is 311. The molecule has 1 rings (SSSR count). The zero-order chi connectivity index (χ0) is 12.2. The van der Waals surface area contributed by atoms with E-state index in [2.05, 4.69) is 4.90 Å². The fourth-order valence-corrected chi connectivity index (χ4v) is 3.49. The van der Waals surface area contributed by atoms with Crippen LogP contribution < -0.4 is 0 Å². The third-order valence-electron chi connectivity index (χ3n) is 3.26. The molecule has 0 radical (unpaired) electrons. The molecule has 16 heavy (non-hydrogen) atoms. The Morgan fingerprint density at radius 3 is 2.50 bits per heavy atom. The second kappa shape index (κ2) is 5.47. The number of sulfone groups is 1. The van der Waals surface area contributed by atoms with Gasteiger partial charge in [0, 0.05) is 19.7 Å². The molecule has 0 aromatic heterocycles. The molecule has 0 aliphatic carbocycles. The first-order valence-electron chi connectivity index (χ1n) is 5.94. The molecule has 0 atom stereocenters. The second-order valence-electron chi connectivity index (χ2n) is 5.14. The van der Waals surface area contributed by atoms with Crippen LogP contribution in [-0.2, 0) is 9.84 Å². The summed E-state index contributed by atoms with van der Waals surface area (Å²) in [5, 5.41) is 8.66. The summed E-state index contributed by atoms with van der Waals surface area (Å²) >= 11 is 0. The minimum atomic E-state index is -2.91. The van der Waals surface area contributed by atoms with Gasteiger partial charge in [-0.05, 0) is 39.7 Å². The second-order valence-corrected chi connectivity index (χ2v) is 7.88. The Labute approximate surface area is 98.6 Å². The van der Waals surface area contributed by atoms with Crippen molar-refractivity contribution >= 4 is 9.84 Å². The highest BCUT2D eigenvalue weighted by Gasteiger charge is 2.39. The first-order chi connectivity index (χ1) is 7.39. The Hall–Kier alpha value is -0.130. The Kier molecular flexibility index (Phi) is 4.76. The van der Waals surface area contributed by atoms with E-state index in [0.717, 1.165) is 25.8 Å². The van der Waals surface area contributed by atoms with Gasteiger partial charge in [0.25, 0.3) is 0 Å². The van der Waals surface area contributed by atoms with E-state index in [-0.39, 0.29) is 12.4 Å². The summed E-state index contributed by atoms with van der Waals surface area (Å²) in [7, 11) is -2.91. The Morgan fingerprint density at radius 1 is 1.25 bits per heavy atom. The van der Waals surface area contributed by atoms with Crippen molar-refractivity contribution in [2.45, 2.75) is 37.9 Å². The van der Waals surface area contributed by atoms with Crippen LogP contribution in [0.3, 0.4) is 0 Å². The van der Waals surface area contributed by atoms with Gasteiger partial charge >= 0.3 is 0 Å². The van der Waals surface area contributed by atoms with Crippen LogP contribution in [0.1, 0.15) is 33.1 Å². The number of aliphatic hydroxyl groups excluding tert-OH is 1. The van der Waals surface area contributed by atoms with Crippen LogP contribution in [0, 0.1) is 0 Å². The van der Waals surface area contributed by atoms with Crippen molar-refractivity contribution in [3.63, 3.8) is 0 Å². The molecule has 0 amide bonds. The van der Waals surface area contributed by atoms with E-state index in [1.165, 1.54) is 0 Å². The summed E-state index contributed by atoms with van der Waals surface area (Å²) in [4.78, 5) is 2.22. The zero-order valence-electron chi connectivity index (χ0n) is 10.3. The molecule has 1 aliphatic heterocycles. The average molecular weight is 249 g/mol. The Morgan fingerprint density at radius 2 is 1.94 bits per heavy atom. The molecule has 1 N–H and O–H groups in total. The first-order valence-corrected chi connectivity index (χ1v) is 7.60. The van der Waals surface area contributed by atoms with Gasteiger partial charge in [0.1, 0.15) is 0 Å². The summed E-state index contributed by atoms with van der Waals surface area (Å²) in [5.74, 6) is 0.278. The normalized spacial score (nSPS) is 24.4. The molecule has 0 spiro atoms. The van der Waals surface area contributed by atoms with Crippen LogP contribution >= 0.6 is 0 Å². The van der Waals surface area contributed by atoms with E-state index in [9.17, 15) is 8.42 Å². The van der Waals surface area contributed by atoms with Crippen molar-refractivity contribution in [1.82, 2.24) is 4.90 Å². The van der Waals surface area contributed by atoms with Gasteiger partial charge in [-0.3, -0.25) is 0 Å². The SMILES string of the molecule is CC1(C)CN(CCCCCO)CCS1(=O)=O. The molecule has 5 heteroatoms. The summed E-state index contributed by atoms with van der Waals surface area (Å²) < 4.78 is 22.9. The van der Waals surface area contributed by atoms with E-state index in [4.69, 9.17) is 5.11 Å². The number of hydrogen-bond acceptors (Lipinski definition) is 4. The van der Waals surface area contributed by atoms with Gasteiger partial charge in [-0.25, -0.2) is 8.42 Å². The molecule has 1 heterocycles. The third kappa shape index (κ3) is 3.43. The van der Waals surface area contributed by atoms with Gasteiger partial charge in [-0.15, -0.1) is 0 Å². The molecule has 1 fully saturated rings. The summed E-state index contributed by atoms with van der Waals surface area (Å²) in [6, 6.07) is 0. The molecule has 0 unspecified atom stereocenters. The van der Waals surface area contributed by atoms with Gasteiger partial charge in [0.15, 0.2) is 9.84 Å². The minimum absolute atomic E-state index is 0.250. The van der Waals surface area contributed by atoms with E-state index < -0.39 is 14.6 Å². The molecule has 0 aromatic carbocycles. The lowest BCUT2D eigenvalue weighted by atomic mass is 10.1. The van der Waals surface area contributed by atoms with Crippen molar-refractivity contribution in [3.8, 4) is 0 Å². The maximum Gasteiger partial charge on any atom is 0.157 e. The monoisotopic (exact) mass is 249 g/mol. The zero-order valence-corrected chi connectivity index (χ0v) is 11.1. The summed E-state index contributed by atoms with van der Waals surface area (Å²) in [5.41, 5.74) is 0. The lowest BCUT2D eigenvalue weighted by Gasteiger charge is -2.37. The van der Waals surface area contributed by atoms with Gasteiger partial charge < -0.3 is 10.0 Å². The van der Waals surface area contributed by atoms with E-state index in [1.54, 1.807) is 0 Å². The number of nitrogens with zero attached hydrogens (tertiary/aromatic N) is 1. The quantitative estimate of drug-likeness (QED) is 0.727. The predicted octanol–water partition coefficient (Wildman–Crippen LogP) is 0.658. The molecular weight excluding hydrogens is 226 g/mol. The standard InChI is InChI=1S/C11H23NO3S/c1-11(2)10-12(6-4-3-5-8-13)7-9-16(11,14)15/h13H,3-10H2,1-2H3. The van der Waals surface area contributed by atoms with Crippen LogP contribution in [0.4, 0.5) is 0 Å². The molecule has 96 valence electrons. The highest BCUT2D eigenvalue weighted by atomic mass is 32.2. The average Bonchev–Trinajstić information content (AvgIpc) is 2.18. The van der Waals surface area contributed by atoms with E-state index >= 15 is 0 Å². The van der Waals surface area contributed by atoms with Crippen molar-refractivity contribution in [2.24, 2.45) is 0 Å². The van der Waals surface area contributed by atoms with Crippen molar-refractivity contribution in [2.75, 3.05) is 32.0 Å². The number of hydrogen-bond donors (Lipinski definition) is 1. The van der Waals surface area contributed by atoms with Crippen LogP contribution in [0.2, 0.25) is 0 Å². The summed E-state index contributed by atoms with van der Waals surface area (Å²) in [6.45, 7) is 6.10. The molecular formula is C11H23NO3S. The fraction of sp³-hybridized carbons (Fsp3) is 1.00. The lowest BCUT2D eigenvalue weighted by molar-refractivity contribution is 0.236. The predicted molar refractivity (Wildman–Crippen MR) is 65.2 cm³/mol. The van der Waals surface area contributed by atoms with Crippen LogP contribution in [-0.4, -0.2) is 55.2 Å². The molecule has 0 aromatic rings. The fourth-order valence-electron chi connectivity index (χ4n) is 2.06. The van der Waals surface area contributed by atoms with Gasteiger partial charge in [0.2, 0.25) is 0 Å². The molecule has 4 nitrogen and oxygen atoms in total. The largest absolute Gasteiger partial charge is 0.396 e. The van der Waals surface area contributed by atoms with E-state index in [1.807, 2.05) is 13.8 Å². The van der Waals surface area contributed by atoms with Gasteiger partial charge in [-0.1, -0.05) is 0 Å². The first kappa shape index (κ1) is 13.9. The van der Waals surface area contributed by atoms with Gasteiger partial charge in [0.05, 0.1) is 10.5 Å². The van der Waals surface area contributed by atoms with Crippen LogP contribution in [0.25, 0.3) is 0 Å². The van der Waals surface area contributed by atoms with Crippen molar-refractivity contribution < 1.29 is 13.5 Å². The maximum atomic E-state index is 11.8. The third-order valence-corrected chi connectivity index (χ3v) is 5.79. The Balaban J connectivity index is 2.38. The number of aliphatic hydroxyl groups is 1. The number of rotatable bonds is 5. The molecule has 0 bridgehead atoms. The topological polar surface area (TPSA) is 57.6 Å².